The first-order valence-corrected chi connectivity index (χ1v) is 9.45. The van der Waals surface area contributed by atoms with Crippen molar-refractivity contribution in [3.8, 4) is 0 Å². The van der Waals surface area contributed by atoms with Crippen LogP contribution in [-0.2, 0) is 0 Å². The topological polar surface area (TPSA) is 36.4 Å². The Kier molecular flexibility index (Phi) is 4.24. The van der Waals surface area contributed by atoms with Gasteiger partial charge in [0, 0.05) is 36.8 Å². The molecule has 1 aromatic heterocycles. The number of piperidine rings is 1. The number of hydrogen-bond donors (Lipinski definition) is 0. The van der Waals surface area contributed by atoms with E-state index in [1.165, 1.54) is 31.4 Å². The van der Waals surface area contributed by atoms with Crippen LogP contribution in [0.2, 0.25) is 0 Å². The molecule has 0 bridgehead atoms. The summed E-state index contributed by atoms with van der Waals surface area (Å²) in [4.78, 5) is 22.8. The fraction of sp³-hybridized carbons (Fsp3) is 0.524. The number of rotatable bonds is 1. The number of pyridine rings is 1. The molecule has 3 heterocycles. The third-order valence-electron chi connectivity index (χ3n) is 5.97. The maximum Gasteiger partial charge on any atom is 0.254 e. The molecule has 0 saturated carbocycles. The van der Waals surface area contributed by atoms with E-state index in [4.69, 9.17) is 4.98 Å². The van der Waals surface area contributed by atoms with E-state index in [1.54, 1.807) is 0 Å². The summed E-state index contributed by atoms with van der Waals surface area (Å²) in [6.07, 6.45) is 3.81. The molecule has 2 aliphatic heterocycles. The summed E-state index contributed by atoms with van der Waals surface area (Å²) in [5, 5.41) is 0.999. The number of carbonyl (C=O) groups is 1. The lowest BCUT2D eigenvalue weighted by Crippen LogP contribution is -2.56. The third-order valence-corrected chi connectivity index (χ3v) is 5.97. The second-order valence-electron chi connectivity index (χ2n) is 7.65. The van der Waals surface area contributed by atoms with Gasteiger partial charge in [-0.05, 0) is 57.9 Å². The van der Waals surface area contributed by atoms with E-state index in [1.807, 2.05) is 19.9 Å². The van der Waals surface area contributed by atoms with Crippen LogP contribution in [0.3, 0.4) is 0 Å². The number of aromatic nitrogens is 1. The number of piperazine rings is 1. The van der Waals surface area contributed by atoms with Gasteiger partial charge in [-0.1, -0.05) is 18.1 Å². The summed E-state index contributed by atoms with van der Waals surface area (Å²) in [6.45, 7) is 10.0. The molecule has 4 rings (SSSR count). The van der Waals surface area contributed by atoms with Crippen molar-refractivity contribution in [3.05, 3.63) is 40.6 Å². The van der Waals surface area contributed by atoms with Crippen molar-refractivity contribution in [1.29, 1.82) is 0 Å². The lowest BCUT2D eigenvalue weighted by atomic mass is 9.96. The number of hydrogen-bond acceptors (Lipinski definition) is 3. The molecule has 2 aliphatic rings. The standard InChI is InChI=1S/C21H27N3O/c1-14-7-8-19-18(12-14)20(15(2)16(3)22-19)21(25)24-11-10-23-9-5-4-6-17(23)13-24/h7-8,12,17H,4-6,9-11,13H2,1-3H3/t17-/m1/s1. The van der Waals surface area contributed by atoms with Crippen LogP contribution in [0.5, 0.6) is 0 Å². The molecular formula is C21H27N3O. The van der Waals surface area contributed by atoms with E-state index >= 15 is 0 Å². The second kappa shape index (κ2) is 6.41. The maximum absolute atomic E-state index is 13.5. The van der Waals surface area contributed by atoms with Crippen molar-refractivity contribution >= 4 is 16.8 Å². The van der Waals surface area contributed by atoms with E-state index in [0.29, 0.717) is 6.04 Å². The van der Waals surface area contributed by atoms with Crippen molar-refractivity contribution in [2.24, 2.45) is 0 Å². The number of nitrogens with zero attached hydrogens (tertiary/aromatic N) is 3. The molecule has 1 amide bonds. The predicted molar refractivity (Wildman–Crippen MR) is 101 cm³/mol. The Bertz CT molecular complexity index is 829. The molecule has 2 saturated heterocycles. The van der Waals surface area contributed by atoms with Crippen LogP contribution in [0.4, 0.5) is 0 Å². The molecule has 4 heteroatoms. The minimum absolute atomic E-state index is 0.184. The summed E-state index contributed by atoms with van der Waals surface area (Å²) in [7, 11) is 0. The van der Waals surface area contributed by atoms with Gasteiger partial charge in [-0.2, -0.15) is 0 Å². The highest BCUT2D eigenvalue weighted by molar-refractivity contribution is 6.07. The van der Waals surface area contributed by atoms with E-state index < -0.39 is 0 Å². The smallest absolute Gasteiger partial charge is 0.254 e. The first-order valence-electron chi connectivity index (χ1n) is 9.45. The van der Waals surface area contributed by atoms with Crippen LogP contribution in [0.15, 0.2) is 18.2 Å². The summed E-state index contributed by atoms with van der Waals surface area (Å²) >= 11 is 0. The zero-order chi connectivity index (χ0) is 17.6. The molecule has 2 aromatic rings. The minimum atomic E-state index is 0.184. The zero-order valence-electron chi connectivity index (χ0n) is 15.5. The molecule has 1 aromatic carbocycles. The van der Waals surface area contributed by atoms with Gasteiger partial charge in [0.2, 0.25) is 0 Å². The minimum Gasteiger partial charge on any atom is -0.336 e. The molecular weight excluding hydrogens is 310 g/mol. The maximum atomic E-state index is 13.5. The van der Waals surface area contributed by atoms with Gasteiger partial charge in [-0.25, -0.2) is 0 Å². The van der Waals surface area contributed by atoms with Crippen LogP contribution in [-0.4, -0.2) is 52.9 Å². The Morgan fingerprint density at radius 3 is 2.80 bits per heavy atom. The molecule has 0 spiro atoms. The molecule has 0 N–H and O–H groups in total. The SMILES string of the molecule is Cc1ccc2nc(C)c(C)c(C(=O)N3CCN4CCCC[C@@H]4C3)c2c1. The summed E-state index contributed by atoms with van der Waals surface area (Å²) in [5.74, 6) is 0.184. The van der Waals surface area contributed by atoms with Crippen LogP contribution >= 0.6 is 0 Å². The van der Waals surface area contributed by atoms with Gasteiger partial charge in [0.25, 0.3) is 5.91 Å². The lowest BCUT2D eigenvalue weighted by Gasteiger charge is -2.44. The predicted octanol–water partition coefficient (Wildman–Crippen LogP) is 3.47. The molecule has 25 heavy (non-hydrogen) atoms. The first-order chi connectivity index (χ1) is 12.0. The van der Waals surface area contributed by atoms with Crippen molar-refractivity contribution in [1.82, 2.24) is 14.8 Å². The van der Waals surface area contributed by atoms with Crippen molar-refractivity contribution in [3.63, 3.8) is 0 Å². The van der Waals surface area contributed by atoms with Crippen molar-refractivity contribution < 1.29 is 4.79 Å². The molecule has 132 valence electrons. The zero-order valence-corrected chi connectivity index (χ0v) is 15.5. The van der Waals surface area contributed by atoms with E-state index in [0.717, 1.165) is 47.4 Å². The van der Waals surface area contributed by atoms with Gasteiger partial charge < -0.3 is 4.90 Å². The summed E-state index contributed by atoms with van der Waals surface area (Å²) < 4.78 is 0. The van der Waals surface area contributed by atoms with E-state index in [-0.39, 0.29) is 5.91 Å². The van der Waals surface area contributed by atoms with Gasteiger partial charge >= 0.3 is 0 Å². The highest BCUT2D eigenvalue weighted by Gasteiger charge is 2.32. The fourth-order valence-electron chi connectivity index (χ4n) is 4.37. The van der Waals surface area contributed by atoms with Crippen molar-refractivity contribution in [2.75, 3.05) is 26.2 Å². The van der Waals surface area contributed by atoms with Gasteiger partial charge in [0.15, 0.2) is 0 Å². The highest BCUT2D eigenvalue weighted by Crippen LogP contribution is 2.28. The largest absolute Gasteiger partial charge is 0.336 e. The van der Waals surface area contributed by atoms with Crippen molar-refractivity contribution in [2.45, 2.75) is 46.1 Å². The second-order valence-corrected chi connectivity index (χ2v) is 7.65. The first kappa shape index (κ1) is 16.5. The van der Waals surface area contributed by atoms with Crippen LogP contribution in [0, 0.1) is 20.8 Å². The van der Waals surface area contributed by atoms with E-state index in [2.05, 4.69) is 28.9 Å². The average Bonchev–Trinajstić information content (AvgIpc) is 2.62. The number of benzene rings is 1. The summed E-state index contributed by atoms with van der Waals surface area (Å²) in [6, 6.07) is 6.76. The average molecular weight is 337 g/mol. The van der Waals surface area contributed by atoms with Gasteiger partial charge in [-0.15, -0.1) is 0 Å². The molecule has 0 aliphatic carbocycles. The Morgan fingerprint density at radius 1 is 1.12 bits per heavy atom. The normalized spacial score (nSPS) is 21.4. The quantitative estimate of drug-likeness (QED) is 0.799. The van der Waals surface area contributed by atoms with Gasteiger partial charge in [0.1, 0.15) is 0 Å². The number of carbonyl (C=O) groups excluding carboxylic acids is 1. The molecule has 1 atom stereocenters. The molecule has 4 nitrogen and oxygen atoms in total. The number of amides is 1. The Hall–Kier alpha value is -1.94. The molecule has 0 radical (unpaired) electrons. The Morgan fingerprint density at radius 2 is 1.96 bits per heavy atom. The van der Waals surface area contributed by atoms with Crippen LogP contribution in [0.1, 0.15) is 46.4 Å². The summed E-state index contributed by atoms with van der Waals surface area (Å²) in [5.41, 5.74) is 4.93. The fourth-order valence-corrected chi connectivity index (χ4v) is 4.37. The lowest BCUT2D eigenvalue weighted by molar-refractivity contribution is 0.0373. The monoisotopic (exact) mass is 337 g/mol. The number of aryl methyl sites for hydroxylation is 2. The van der Waals surface area contributed by atoms with Crippen LogP contribution in [0.25, 0.3) is 10.9 Å². The van der Waals surface area contributed by atoms with E-state index in [9.17, 15) is 4.79 Å². The Labute approximate surface area is 149 Å². The van der Waals surface area contributed by atoms with Gasteiger partial charge in [-0.3, -0.25) is 14.7 Å². The van der Waals surface area contributed by atoms with Crippen LogP contribution < -0.4 is 0 Å². The molecule has 0 unspecified atom stereocenters. The molecule has 2 fully saturated rings. The third kappa shape index (κ3) is 2.93. The number of fused-ring (bicyclic) bond motifs is 2. The Balaban J connectivity index is 1.72. The highest BCUT2D eigenvalue weighted by atomic mass is 16.2. The van der Waals surface area contributed by atoms with Gasteiger partial charge in [0.05, 0.1) is 11.1 Å².